The molecule has 0 spiro atoms. The molecule has 0 aliphatic rings. The van der Waals surface area contributed by atoms with Crippen LogP contribution in [0.4, 0.5) is 5.69 Å². The van der Waals surface area contributed by atoms with Crippen LogP contribution in [-0.2, 0) is 4.79 Å². The number of carboxylic acids is 1. The molecule has 19 heavy (non-hydrogen) atoms. The maximum Gasteiger partial charge on any atom is 0.339 e. The zero-order chi connectivity index (χ0) is 13.8. The van der Waals surface area contributed by atoms with E-state index < -0.39 is 11.9 Å². The molecule has 0 aliphatic carbocycles. The van der Waals surface area contributed by atoms with Crippen LogP contribution in [0.3, 0.4) is 0 Å². The topological polar surface area (TPSA) is 105 Å². The monoisotopic (exact) mass is 259 g/mol. The summed E-state index contributed by atoms with van der Waals surface area (Å²) in [6.07, 6.45) is 1.44. The first-order valence-electron chi connectivity index (χ1n) is 5.73. The number of hydrogen-bond donors (Lipinski definition) is 3. The van der Waals surface area contributed by atoms with E-state index in [-0.39, 0.29) is 18.5 Å². The number of carbonyl (C=O) groups excluding carboxylic acids is 1. The molecule has 0 saturated heterocycles. The third-order valence-electron chi connectivity index (χ3n) is 2.68. The van der Waals surface area contributed by atoms with Crippen LogP contribution in [0.5, 0.6) is 0 Å². The molecule has 6 heteroatoms. The molecule has 0 aliphatic heterocycles. The van der Waals surface area contributed by atoms with Crippen molar-refractivity contribution in [2.45, 2.75) is 6.42 Å². The molecule has 0 fully saturated rings. The number of carboxylic acid groups (broad SMARTS) is 1. The van der Waals surface area contributed by atoms with E-state index in [1.165, 1.54) is 6.20 Å². The van der Waals surface area contributed by atoms with E-state index in [1.54, 1.807) is 18.2 Å². The number of rotatable bonds is 5. The van der Waals surface area contributed by atoms with Crippen molar-refractivity contribution in [3.8, 4) is 0 Å². The molecule has 1 heterocycles. The zero-order valence-electron chi connectivity index (χ0n) is 10.1. The highest BCUT2D eigenvalue weighted by Crippen LogP contribution is 2.25. The summed E-state index contributed by atoms with van der Waals surface area (Å²) in [6, 6.07) is 7.19. The van der Waals surface area contributed by atoms with Crippen LogP contribution in [0, 0.1) is 0 Å². The van der Waals surface area contributed by atoms with Gasteiger partial charge in [0, 0.05) is 24.5 Å². The van der Waals surface area contributed by atoms with Gasteiger partial charge >= 0.3 is 5.97 Å². The molecule has 2 rings (SSSR count). The third-order valence-corrected chi connectivity index (χ3v) is 2.68. The van der Waals surface area contributed by atoms with Crippen molar-refractivity contribution in [3.63, 3.8) is 0 Å². The second-order valence-electron chi connectivity index (χ2n) is 4.01. The van der Waals surface area contributed by atoms with Gasteiger partial charge in [0.2, 0.25) is 5.91 Å². The number of amides is 1. The van der Waals surface area contributed by atoms with Crippen molar-refractivity contribution < 1.29 is 14.7 Å². The van der Waals surface area contributed by atoms with Gasteiger partial charge in [0.25, 0.3) is 0 Å². The van der Waals surface area contributed by atoms with E-state index >= 15 is 0 Å². The fourth-order valence-electron chi connectivity index (χ4n) is 1.80. The van der Waals surface area contributed by atoms with Crippen molar-refractivity contribution in [1.82, 2.24) is 4.98 Å². The lowest BCUT2D eigenvalue weighted by Crippen LogP contribution is -2.17. The van der Waals surface area contributed by atoms with Crippen LogP contribution in [0.25, 0.3) is 10.9 Å². The number of nitrogens with zero attached hydrogens (tertiary/aromatic N) is 1. The van der Waals surface area contributed by atoms with Gasteiger partial charge < -0.3 is 16.2 Å². The van der Waals surface area contributed by atoms with Crippen molar-refractivity contribution in [1.29, 1.82) is 0 Å². The molecule has 6 nitrogen and oxygen atoms in total. The SMILES string of the molecule is NC(=O)CCNc1c(C(=O)O)cnc2ccccc12. The highest BCUT2D eigenvalue weighted by Gasteiger charge is 2.14. The van der Waals surface area contributed by atoms with Crippen LogP contribution >= 0.6 is 0 Å². The van der Waals surface area contributed by atoms with Gasteiger partial charge in [0.05, 0.1) is 11.2 Å². The van der Waals surface area contributed by atoms with Gasteiger partial charge in [-0.25, -0.2) is 4.79 Å². The van der Waals surface area contributed by atoms with Crippen LogP contribution in [0.1, 0.15) is 16.8 Å². The number of hydrogen-bond acceptors (Lipinski definition) is 4. The van der Waals surface area contributed by atoms with Crippen LogP contribution < -0.4 is 11.1 Å². The predicted octanol–water partition coefficient (Wildman–Crippen LogP) is 1.22. The first-order chi connectivity index (χ1) is 9.09. The number of benzene rings is 1. The number of fused-ring (bicyclic) bond motifs is 1. The Morgan fingerprint density at radius 1 is 1.32 bits per heavy atom. The quantitative estimate of drug-likeness (QED) is 0.748. The lowest BCUT2D eigenvalue weighted by molar-refractivity contribution is -0.117. The van der Waals surface area contributed by atoms with Crippen LogP contribution in [0.15, 0.2) is 30.5 Å². The van der Waals surface area contributed by atoms with E-state index in [4.69, 9.17) is 10.8 Å². The van der Waals surface area contributed by atoms with Gasteiger partial charge in [-0.05, 0) is 6.07 Å². The molecular weight excluding hydrogens is 246 g/mol. The molecule has 0 saturated carbocycles. The molecule has 1 amide bonds. The molecule has 0 atom stereocenters. The first kappa shape index (κ1) is 12.8. The summed E-state index contributed by atoms with van der Waals surface area (Å²) in [6.45, 7) is 0.281. The predicted molar refractivity (Wildman–Crippen MR) is 71.0 cm³/mol. The maximum absolute atomic E-state index is 11.2. The number of primary amides is 1. The summed E-state index contributed by atoms with van der Waals surface area (Å²) in [7, 11) is 0. The number of carbonyl (C=O) groups is 2. The Hall–Kier alpha value is -2.63. The fraction of sp³-hybridized carbons (Fsp3) is 0.154. The molecule has 1 aromatic heterocycles. The summed E-state index contributed by atoms with van der Waals surface area (Å²) in [5, 5.41) is 12.8. The summed E-state index contributed by atoms with van der Waals surface area (Å²) in [5.74, 6) is -1.51. The maximum atomic E-state index is 11.2. The lowest BCUT2D eigenvalue weighted by Gasteiger charge is -2.11. The van der Waals surface area contributed by atoms with E-state index in [9.17, 15) is 9.59 Å². The standard InChI is InChI=1S/C13H13N3O3/c14-11(17)5-6-15-12-8-3-1-2-4-10(8)16-7-9(12)13(18)19/h1-4,7H,5-6H2,(H2,14,17)(H,15,16)(H,18,19). The van der Waals surface area contributed by atoms with Gasteiger partial charge in [-0.1, -0.05) is 18.2 Å². The van der Waals surface area contributed by atoms with E-state index in [0.717, 1.165) is 0 Å². The Balaban J connectivity index is 2.43. The van der Waals surface area contributed by atoms with E-state index in [2.05, 4.69) is 10.3 Å². The van der Waals surface area contributed by atoms with Gasteiger partial charge in [0.1, 0.15) is 5.56 Å². The number of nitrogens with two attached hydrogens (primary N) is 1. The number of aromatic carboxylic acids is 1. The Morgan fingerprint density at radius 3 is 2.74 bits per heavy atom. The van der Waals surface area contributed by atoms with Crippen molar-refractivity contribution in [2.75, 3.05) is 11.9 Å². The Morgan fingerprint density at radius 2 is 2.05 bits per heavy atom. The number of pyridine rings is 1. The second kappa shape index (κ2) is 5.34. The van der Waals surface area contributed by atoms with E-state index in [0.29, 0.717) is 16.6 Å². The Bertz CT molecular complexity index is 640. The Kier molecular flexibility index (Phi) is 3.61. The normalized spacial score (nSPS) is 10.3. The third kappa shape index (κ3) is 2.79. The molecule has 0 radical (unpaired) electrons. The second-order valence-corrected chi connectivity index (χ2v) is 4.01. The number of anilines is 1. The summed E-state index contributed by atoms with van der Waals surface area (Å²) >= 11 is 0. The first-order valence-corrected chi connectivity index (χ1v) is 5.73. The van der Waals surface area contributed by atoms with E-state index in [1.807, 2.05) is 6.07 Å². The summed E-state index contributed by atoms with van der Waals surface area (Å²) in [4.78, 5) is 26.0. The number of para-hydroxylation sites is 1. The minimum Gasteiger partial charge on any atom is -0.478 e. The molecular formula is C13H13N3O3. The molecule has 1 aromatic carbocycles. The van der Waals surface area contributed by atoms with Gasteiger partial charge in [-0.15, -0.1) is 0 Å². The molecule has 0 bridgehead atoms. The molecule has 98 valence electrons. The molecule has 4 N–H and O–H groups in total. The van der Waals surface area contributed by atoms with Crippen molar-refractivity contribution in [3.05, 3.63) is 36.0 Å². The van der Waals surface area contributed by atoms with Gasteiger partial charge in [0.15, 0.2) is 0 Å². The van der Waals surface area contributed by atoms with Gasteiger partial charge in [-0.2, -0.15) is 0 Å². The summed E-state index contributed by atoms with van der Waals surface area (Å²) in [5.41, 5.74) is 6.28. The largest absolute Gasteiger partial charge is 0.478 e. The molecule has 2 aromatic rings. The zero-order valence-corrected chi connectivity index (χ0v) is 10.1. The van der Waals surface area contributed by atoms with Crippen molar-refractivity contribution >= 4 is 28.5 Å². The Labute approximate surface area is 109 Å². The van der Waals surface area contributed by atoms with Crippen molar-refractivity contribution in [2.24, 2.45) is 5.73 Å². The molecule has 0 unspecified atom stereocenters. The highest BCUT2D eigenvalue weighted by molar-refractivity contribution is 6.04. The van der Waals surface area contributed by atoms with Crippen LogP contribution in [-0.4, -0.2) is 28.5 Å². The smallest absolute Gasteiger partial charge is 0.339 e. The van der Waals surface area contributed by atoms with Crippen LogP contribution in [0.2, 0.25) is 0 Å². The van der Waals surface area contributed by atoms with Gasteiger partial charge in [-0.3, -0.25) is 9.78 Å². The average Bonchev–Trinajstić information content (AvgIpc) is 2.38. The number of nitrogens with one attached hydrogen (secondary N) is 1. The fourth-order valence-corrected chi connectivity index (χ4v) is 1.80. The minimum absolute atomic E-state index is 0.0724. The minimum atomic E-state index is -1.07. The number of aromatic nitrogens is 1. The average molecular weight is 259 g/mol. The lowest BCUT2D eigenvalue weighted by atomic mass is 10.1. The highest BCUT2D eigenvalue weighted by atomic mass is 16.4. The summed E-state index contributed by atoms with van der Waals surface area (Å²) < 4.78 is 0.